The van der Waals surface area contributed by atoms with Gasteiger partial charge < -0.3 is 15.8 Å². The summed E-state index contributed by atoms with van der Waals surface area (Å²) in [5.74, 6) is 0.766. The monoisotopic (exact) mass is 360 g/mol. The zero-order valence-corrected chi connectivity index (χ0v) is 13.5. The maximum atomic E-state index is 6.07. The number of benzene rings is 1. The Labute approximate surface area is 129 Å². The van der Waals surface area contributed by atoms with E-state index in [2.05, 4.69) is 21.2 Å². The third-order valence-corrected chi connectivity index (χ3v) is 4.26. The van der Waals surface area contributed by atoms with Gasteiger partial charge in [-0.3, -0.25) is 0 Å². The number of nitrogen functional groups attached to an aromatic ring is 1. The van der Waals surface area contributed by atoms with E-state index in [1.54, 1.807) is 11.3 Å². The lowest BCUT2D eigenvalue weighted by molar-refractivity contribution is 0.339. The van der Waals surface area contributed by atoms with Gasteiger partial charge in [-0.15, -0.1) is 11.3 Å². The second kappa shape index (κ2) is 6.50. The molecule has 1 aromatic carbocycles. The highest BCUT2D eigenvalue weighted by atomic mass is 79.9. The van der Waals surface area contributed by atoms with Crippen LogP contribution in [0, 0.1) is 0 Å². The number of hydrogen-bond donors (Lipinski definition) is 2. The van der Waals surface area contributed by atoms with E-state index in [0.717, 1.165) is 26.5 Å². The highest BCUT2D eigenvalue weighted by Crippen LogP contribution is 2.37. The topological polar surface area (TPSA) is 47.3 Å². The van der Waals surface area contributed by atoms with Crippen molar-refractivity contribution >= 4 is 50.2 Å². The van der Waals surface area contributed by atoms with Crippen molar-refractivity contribution in [1.82, 2.24) is 0 Å². The van der Waals surface area contributed by atoms with Crippen molar-refractivity contribution in [1.29, 1.82) is 0 Å². The number of nitrogens with two attached hydrogens (primary N) is 1. The summed E-state index contributed by atoms with van der Waals surface area (Å²) < 4.78 is 6.46. The van der Waals surface area contributed by atoms with Crippen LogP contribution in [0.3, 0.4) is 0 Å². The Bertz CT molecular complexity index is 574. The van der Waals surface area contributed by atoms with Gasteiger partial charge in [0, 0.05) is 15.6 Å². The van der Waals surface area contributed by atoms with Crippen molar-refractivity contribution in [2.45, 2.75) is 13.5 Å². The molecule has 2 rings (SSSR count). The van der Waals surface area contributed by atoms with Gasteiger partial charge in [-0.05, 0) is 46.4 Å². The van der Waals surface area contributed by atoms with E-state index in [1.807, 2.05) is 30.5 Å². The first-order valence-corrected chi connectivity index (χ1v) is 7.84. The Morgan fingerprint density at radius 1 is 1.47 bits per heavy atom. The molecule has 102 valence electrons. The molecule has 3 N–H and O–H groups in total. The molecule has 0 saturated carbocycles. The Balaban J connectivity index is 2.21. The third-order valence-electron chi connectivity index (χ3n) is 2.52. The van der Waals surface area contributed by atoms with Crippen LogP contribution in [0.5, 0.6) is 5.75 Å². The molecule has 0 saturated heterocycles. The Hall–Kier alpha value is -0.910. The smallest absolute Gasteiger partial charge is 0.156 e. The minimum absolute atomic E-state index is 0.593. The second-order valence-electron chi connectivity index (χ2n) is 3.85. The molecule has 0 amide bonds. The number of anilines is 2. The van der Waals surface area contributed by atoms with E-state index in [1.165, 1.54) is 0 Å². The quantitative estimate of drug-likeness (QED) is 0.807. The van der Waals surface area contributed by atoms with Crippen molar-refractivity contribution in [3.63, 3.8) is 0 Å². The summed E-state index contributed by atoms with van der Waals surface area (Å²) in [6.07, 6.45) is 0. The van der Waals surface area contributed by atoms with Gasteiger partial charge in [-0.1, -0.05) is 11.6 Å². The highest BCUT2D eigenvalue weighted by molar-refractivity contribution is 9.10. The molecule has 0 unspecified atom stereocenters. The number of hydrogen-bond acceptors (Lipinski definition) is 4. The summed E-state index contributed by atoms with van der Waals surface area (Å²) >= 11 is 11.2. The van der Waals surface area contributed by atoms with Crippen molar-refractivity contribution in [2.75, 3.05) is 17.7 Å². The van der Waals surface area contributed by atoms with E-state index in [0.29, 0.717) is 18.2 Å². The van der Waals surface area contributed by atoms with Crippen LogP contribution in [0.25, 0.3) is 0 Å². The van der Waals surface area contributed by atoms with Gasteiger partial charge in [0.2, 0.25) is 0 Å². The molecule has 1 heterocycles. The fourth-order valence-corrected chi connectivity index (χ4v) is 3.32. The summed E-state index contributed by atoms with van der Waals surface area (Å²) in [5, 5.41) is 5.94. The molecule has 6 heteroatoms. The van der Waals surface area contributed by atoms with Gasteiger partial charge in [0.25, 0.3) is 0 Å². The Kier molecular flexibility index (Phi) is 4.96. The normalized spacial score (nSPS) is 10.5. The van der Waals surface area contributed by atoms with Crippen molar-refractivity contribution in [3.05, 3.63) is 38.0 Å². The zero-order chi connectivity index (χ0) is 13.8. The molecule has 0 atom stereocenters. The molecule has 0 aliphatic heterocycles. The van der Waals surface area contributed by atoms with Gasteiger partial charge in [0.15, 0.2) is 5.75 Å². The maximum Gasteiger partial charge on any atom is 0.156 e. The minimum Gasteiger partial charge on any atom is -0.491 e. The van der Waals surface area contributed by atoms with Crippen LogP contribution < -0.4 is 15.8 Å². The molecule has 0 aliphatic rings. The molecule has 0 radical (unpaired) electrons. The second-order valence-corrected chi connectivity index (χ2v) is 6.14. The predicted molar refractivity (Wildman–Crippen MR) is 86.4 cm³/mol. The van der Waals surface area contributed by atoms with Gasteiger partial charge in [-0.2, -0.15) is 0 Å². The summed E-state index contributed by atoms with van der Waals surface area (Å²) in [6.45, 7) is 3.19. The third kappa shape index (κ3) is 3.55. The Morgan fingerprint density at radius 3 is 2.89 bits per heavy atom. The van der Waals surface area contributed by atoms with Crippen LogP contribution in [0.15, 0.2) is 28.1 Å². The average molecular weight is 362 g/mol. The van der Waals surface area contributed by atoms with E-state index < -0.39 is 0 Å². The number of ether oxygens (including phenoxy) is 1. The first-order valence-electron chi connectivity index (χ1n) is 5.79. The van der Waals surface area contributed by atoms with Crippen LogP contribution in [-0.2, 0) is 6.54 Å². The lowest BCUT2D eigenvalue weighted by Gasteiger charge is -2.14. The predicted octanol–water partition coefficient (Wildman–Crippen LogP) is 4.76. The van der Waals surface area contributed by atoms with Crippen molar-refractivity contribution in [2.24, 2.45) is 0 Å². The molecule has 0 spiro atoms. The van der Waals surface area contributed by atoms with E-state index in [-0.39, 0.29) is 0 Å². The van der Waals surface area contributed by atoms with Crippen LogP contribution in [0.2, 0.25) is 5.02 Å². The van der Waals surface area contributed by atoms with Gasteiger partial charge in [0.05, 0.1) is 23.3 Å². The standard InChI is InChI=1S/C13H14BrClN2OS/c1-2-18-13-9(14)5-8(15)6-11(13)17-7-12-10(16)3-4-19-12/h3-6,17H,2,7,16H2,1H3. The molecular formula is C13H14BrClN2OS. The Morgan fingerprint density at radius 2 is 2.26 bits per heavy atom. The molecular weight excluding hydrogens is 348 g/mol. The summed E-state index contributed by atoms with van der Waals surface area (Å²) in [5.41, 5.74) is 7.52. The van der Waals surface area contributed by atoms with E-state index in [9.17, 15) is 0 Å². The van der Waals surface area contributed by atoms with E-state index in [4.69, 9.17) is 22.1 Å². The van der Waals surface area contributed by atoms with Crippen LogP contribution in [0.4, 0.5) is 11.4 Å². The largest absolute Gasteiger partial charge is 0.491 e. The molecule has 0 bridgehead atoms. The minimum atomic E-state index is 0.593. The van der Waals surface area contributed by atoms with Crippen LogP contribution in [-0.4, -0.2) is 6.61 Å². The van der Waals surface area contributed by atoms with Crippen molar-refractivity contribution < 1.29 is 4.74 Å². The van der Waals surface area contributed by atoms with Gasteiger partial charge in [0.1, 0.15) is 0 Å². The van der Waals surface area contributed by atoms with Crippen LogP contribution in [0.1, 0.15) is 11.8 Å². The van der Waals surface area contributed by atoms with E-state index >= 15 is 0 Å². The molecule has 0 fully saturated rings. The average Bonchev–Trinajstić information content (AvgIpc) is 2.76. The first kappa shape index (κ1) is 14.5. The van der Waals surface area contributed by atoms with Crippen LogP contribution >= 0.6 is 38.9 Å². The molecule has 19 heavy (non-hydrogen) atoms. The SMILES string of the molecule is CCOc1c(Br)cc(Cl)cc1NCc1sccc1N. The number of rotatable bonds is 5. The van der Waals surface area contributed by atoms with Crippen molar-refractivity contribution in [3.8, 4) is 5.75 Å². The van der Waals surface area contributed by atoms with Gasteiger partial charge >= 0.3 is 0 Å². The molecule has 1 aromatic heterocycles. The maximum absolute atomic E-state index is 6.07. The highest BCUT2D eigenvalue weighted by Gasteiger charge is 2.10. The fourth-order valence-electron chi connectivity index (χ4n) is 1.65. The summed E-state index contributed by atoms with van der Waals surface area (Å²) in [7, 11) is 0. The summed E-state index contributed by atoms with van der Waals surface area (Å²) in [4.78, 5) is 1.10. The van der Waals surface area contributed by atoms with Gasteiger partial charge in [-0.25, -0.2) is 0 Å². The zero-order valence-electron chi connectivity index (χ0n) is 10.4. The summed E-state index contributed by atoms with van der Waals surface area (Å²) in [6, 6.07) is 5.57. The number of thiophene rings is 1. The molecule has 2 aromatic rings. The lowest BCUT2D eigenvalue weighted by atomic mass is 10.3. The lowest BCUT2D eigenvalue weighted by Crippen LogP contribution is -2.03. The number of nitrogens with one attached hydrogen (secondary N) is 1. The number of halogens is 2. The fraction of sp³-hybridized carbons (Fsp3) is 0.231. The molecule has 0 aliphatic carbocycles. The molecule has 3 nitrogen and oxygen atoms in total. The first-order chi connectivity index (χ1) is 9.11.